The molecule has 0 bridgehead atoms. The third kappa shape index (κ3) is 4.02. The number of hydrogen-bond donors (Lipinski definition) is 1. The molecule has 2 aromatic heterocycles. The van der Waals surface area contributed by atoms with E-state index >= 15 is 0 Å². The molecule has 122 valence electrons. The van der Waals surface area contributed by atoms with Gasteiger partial charge in [0, 0.05) is 19.2 Å². The zero-order valence-corrected chi connectivity index (χ0v) is 13.3. The van der Waals surface area contributed by atoms with Crippen molar-refractivity contribution in [3.8, 4) is 0 Å². The van der Waals surface area contributed by atoms with Gasteiger partial charge < -0.3 is 15.0 Å². The Labute approximate surface area is 137 Å². The number of halogens is 2. The van der Waals surface area contributed by atoms with Gasteiger partial charge in [-0.3, -0.25) is 0 Å². The van der Waals surface area contributed by atoms with Crippen molar-refractivity contribution < 1.29 is 9.13 Å². The second kappa shape index (κ2) is 7.01. The Balaban J connectivity index is 1.76. The van der Waals surface area contributed by atoms with Crippen molar-refractivity contribution in [2.24, 2.45) is 0 Å². The Morgan fingerprint density at radius 3 is 2.65 bits per heavy atom. The maximum Gasteiger partial charge on any atom is 0.226 e. The van der Waals surface area contributed by atoms with E-state index in [0.29, 0.717) is 24.9 Å². The van der Waals surface area contributed by atoms with Gasteiger partial charge in [0.15, 0.2) is 5.82 Å². The van der Waals surface area contributed by atoms with Gasteiger partial charge in [0.2, 0.25) is 5.28 Å². The molecule has 3 heterocycles. The highest BCUT2D eigenvalue weighted by molar-refractivity contribution is 6.28. The number of morpholine rings is 1. The summed E-state index contributed by atoms with van der Waals surface area (Å²) in [6, 6.07) is 1.57. The van der Waals surface area contributed by atoms with Gasteiger partial charge in [0.05, 0.1) is 31.6 Å². The minimum absolute atomic E-state index is 0.156. The smallest absolute Gasteiger partial charge is 0.226 e. The molecule has 0 amide bonds. The zero-order valence-electron chi connectivity index (χ0n) is 12.5. The van der Waals surface area contributed by atoms with Crippen molar-refractivity contribution >= 4 is 23.2 Å². The van der Waals surface area contributed by atoms with Crippen LogP contribution >= 0.6 is 11.6 Å². The van der Waals surface area contributed by atoms with Crippen molar-refractivity contribution in [3.05, 3.63) is 35.4 Å². The summed E-state index contributed by atoms with van der Waals surface area (Å²) in [5.41, 5.74) is 0. The van der Waals surface area contributed by atoms with Crippen LogP contribution in [0.5, 0.6) is 0 Å². The first kappa shape index (κ1) is 15.8. The van der Waals surface area contributed by atoms with E-state index in [1.54, 1.807) is 0 Å². The van der Waals surface area contributed by atoms with Crippen molar-refractivity contribution in [1.29, 1.82) is 0 Å². The maximum absolute atomic E-state index is 12.9. The fourth-order valence-corrected chi connectivity index (χ4v) is 2.44. The van der Waals surface area contributed by atoms with Gasteiger partial charge in [-0.1, -0.05) is 0 Å². The quantitative estimate of drug-likeness (QED) is 0.855. The standard InChI is InChI=1S/C14H16ClFN6O/c1-9(13-17-7-10(16)8-18-13)19-11-6-12(21-14(15)20-11)22-2-4-23-5-3-22/h6-9H,2-5H2,1H3,(H,19,20,21)/t9-/m0/s1. The molecule has 1 N–H and O–H groups in total. The van der Waals surface area contributed by atoms with Crippen LogP contribution in [-0.4, -0.2) is 46.2 Å². The maximum atomic E-state index is 12.9. The molecule has 2 aromatic rings. The highest BCUT2D eigenvalue weighted by atomic mass is 35.5. The predicted octanol–water partition coefficient (Wildman–Crippen LogP) is 2.07. The van der Waals surface area contributed by atoms with Crippen LogP contribution in [0.1, 0.15) is 18.8 Å². The van der Waals surface area contributed by atoms with E-state index in [4.69, 9.17) is 16.3 Å². The number of aromatic nitrogens is 4. The minimum Gasteiger partial charge on any atom is -0.378 e. The lowest BCUT2D eigenvalue weighted by molar-refractivity contribution is 0.122. The molecule has 0 radical (unpaired) electrons. The molecule has 1 atom stereocenters. The van der Waals surface area contributed by atoms with E-state index in [1.807, 2.05) is 13.0 Å². The molecule has 23 heavy (non-hydrogen) atoms. The van der Waals surface area contributed by atoms with Gasteiger partial charge in [-0.25, -0.2) is 24.3 Å². The first-order valence-corrected chi connectivity index (χ1v) is 7.61. The van der Waals surface area contributed by atoms with Crippen LogP contribution in [0.15, 0.2) is 18.5 Å². The molecule has 0 aromatic carbocycles. The molecular weight excluding hydrogens is 323 g/mol. The van der Waals surface area contributed by atoms with Crippen LogP contribution in [0, 0.1) is 5.82 Å². The number of nitrogens with zero attached hydrogens (tertiary/aromatic N) is 5. The number of rotatable bonds is 4. The monoisotopic (exact) mass is 338 g/mol. The lowest BCUT2D eigenvalue weighted by Gasteiger charge is -2.28. The van der Waals surface area contributed by atoms with Crippen molar-refractivity contribution in [2.45, 2.75) is 13.0 Å². The third-order valence-corrected chi connectivity index (χ3v) is 3.58. The Kier molecular flexibility index (Phi) is 4.82. The number of hydrogen-bond acceptors (Lipinski definition) is 7. The van der Waals surface area contributed by atoms with Crippen LogP contribution in [0.2, 0.25) is 5.28 Å². The Morgan fingerprint density at radius 2 is 1.96 bits per heavy atom. The van der Waals surface area contributed by atoms with Crippen molar-refractivity contribution in [2.75, 3.05) is 36.5 Å². The highest BCUT2D eigenvalue weighted by Crippen LogP contribution is 2.22. The Hall–Kier alpha value is -2.06. The topological polar surface area (TPSA) is 76.1 Å². The molecule has 7 nitrogen and oxygen atoms in total. The summed E-state index contributed by atoms with van der Waals surface area (Å²) in [6.07, 6.45) is 2.26. The molecule has 1 aliphatic rings. The second-order valence-electron chi connectivity index (χ2n) is 5.11. The summed E-state index contributed by atoms with van der Waals surface area (Å²) in [7, 11) is 0. The summed E-state index contributed by atoms with van der Waals surface area (Å²) in [6.45, 7) is 4.68. The highest BCUT2D eigenvalue weighted by Gasteiger charge is 2.16. The fourth-order valence-electron chi connectivity index (χ4n) is 2.27. The molecule has 1 aliphatic heterocycles. The first-order valence-electron chi connectivity index (χ1n) is 7.23. The molecule has 0 spiro atoms. The third-order valence-electron chi connectivity index (χ3n) is 3.41. The van der Waals surface area contributed by atoms with Gasteiger partial charge in [0.1, 0.15) is 17.5 Å². The van der Waals surface area contributed by atoms with E-state index in [0.717, 1.165) is 31.3 Å². The second-order valence-corrected chi connectivity index (χ2v) is 5.44. The summed E-state index contributed by atoms with van der Waals surface area (Å²) >= 11 is 6.02. The molecule has 0 saturated carbocycles. The molecular formula is C14H16ClFN6O. The number of anilines is 2. The average Bonchev–Trinajstić information content (AvgIpc) is 2.55. The van der Waals surface area contributed by atoms with E-state index in [1.165, 1.54) is 0 Å². The molecule has 0 aliphatic carbocycles. The SMILES string of the molecule is C[C@H](Nc1cc(N2CCOCC2)nc(Cl)n1)c1ncc(F)cn1. The van der Waals surface area contributed by atoms with Gasteiger partial charge in [-0.15, -0.1) is 0 Å². The molecule has 1 fully saturated rings. The number of ether oxygens (including phenoxy) is 1. The number of nitrogens with one attached hydrogen (secondary N) is 1. The molecule has 9 heteroatoms. The summed E-state index contributed by atoms with van der Waals surface area (Å²) in [5, 5.41) is 3.31. The van der Waals surface area contributed by atoms with E-state index in [2.05, 4.69) is 30.2 Å². The Morgan fingerprint density at radius 1 is 1.26 bits per heavy atom. The fraction of sp³-hybridized carbons (Fsp3) is 0.429. The lowest BCUT2D eigenvalue weighted by Crippen LogP contribution is -2.36. The van der Waals surface area contributed by atoms with Crippen LogP contribution < -0.4 is 10.2 Å². The zero-order chi connectivity index (χ0) is 16.2. The molecule has 1 saturated heterocycles. The van der Waals surface area contributed by atoms with Gasteiger partial charge in [0.25, 0.3) is 0 Å². The average molecular weight is 339 g/mol. The van der Waals surface area contributed by atoms with Crippen LogP contribution in [-0.2, 0) is 4.74 Å². The normalized spacial score (nSPS) is 16.2. The summed E-state index contributed by atoms with van der Waals surface area (Å²) in [4.78, 5) is 18.4. The first-order chi connectivity index (χ1) is 11.1. The molecule has 3 rings (SSSR count). The van der Waals surface area contributed by atoms with E-state index in [9.17, 15) is 4.39 Å². The van der Waals surface area contributed by atoms with Crippen molar-refractivity contribution in [3.63, 3.8) is 0 Å². The largest absolute Gasteiger partial charge is 0.378 e. The van der Waals surface area contributed by atoms with E-state index in [-0.39, 0.29) is 11.3 Å². The van der Waals surface area contributed by atoms with Crippen molar-refractivity contribution in [1.82, 2.24) is 19.9 Å². The Bertz CT molecular complexity index is 665. The van der Waals surface area contributed by atoms with Gasteiger partial charge in [-0.05, 0) is 18.5 Å². The summed E-state index contributed by atoms with van der Waals surface area (Å²) < 4.78 is 18.2. The minimum atomic E-state index is -0.472. The molecule has 0 unspecified atom stereocenters. The van der Waals surface area contributed by atoms with Crippen LogP contribution in [0.4, 0.5) is 16.0 Å². The van der Waals surface area contributed by atoms with Crippen LogP contribution in [0.3, 0.4) is 0 Å². The van der Waals surface area contributed by atoms with Gasteiger partial charge >= 0.3 is 0 Å². The lowest BCUT2D eigenvalue weighted by atomic mass is 10.3. The van der Waals surface area contributed by atoms with Gasteiger partial charge in [-0.2, -0.15) is 0 Å². The summed E-state index contributed by atoms with van der Waals surface area (Å²) in [5.74, 6) is 1.30. The predicted molar refractivity (Wildman–Crippen MR) is 84.1 cm³/mol. The van der Waals surface area contributed by atoms with E-state index < -0.39 is 5.82 Å². The van der Waals surface area contributed by atoms with Crippen LogP contribution in [0.25, 0.3) is 0 Å².